The van der Waals surface area contributed by atoms with E-state index in [1.807, 2.05) is 41.3 Å². The summed E-state index contributed by atoms with van der Waals surface area (Å²) in [5, 5.41) is 2.87. The van der Waals surface area contributed by atoms with Crippen molar-refractivity contribution in [3.05, 3.63) is 59.5 Å². The summed E-state index contributed by atoms with van der Waals surface area (Å²) in [5.74, 6) is 1.22. The van der Waals surface area contributed by atoms with Gasteiger partial charge in [-0.05, 0) is 42.7 Å². The molecule has 2 atom stereocenters. The van der Waals surface area contributed by atoms with Gasteiger partial charge >= 0.3 is 0 Å². The van der Waals surface area contributed by atoms with E-state index in [1.165, 1.54) is 0 Å². The number of rotatable bonds is 6. The van der Waals surface area contributed by atoms with Gasteiger partial charge in [-0.1, -0.05) is 12.1 Å². The zero-order chi connectivity index (χ0) is 18.6. The van der Waals surface area contributed by atoms with Gasteiger partial charge in [0.2, 0.25) is 5.91 Å². The highest BCUT2D eigenvalue weighted by Crippen LogP contribution is 2.39. The van der Waals surface area contributed by atoms with Crippen molar-refractivity contribution in [1.82, 2.24) is 10.2 Å². The lowest BCUT2D eigenvalue weighted by Gasteiger charge is -2.23. The number of ether oxygens (including phenoxy) is 1. The van der Waals surface area contributed by atoms with Crippen molar-refractivity contribution < 1.29 is 18.7 Å². The largest absolute Gasteiger partial charge is 0.467 e. The molecule has 2 aliphatic heterocycles. The van der Waals surface area contributed by atoms with Crippen LogP contribution < -0.4 is 5.32 Å². The van der Waals surface area contributed by atoms with Gasteiger partial charge in [0.1, 0.15) is 11.1 Å². The second-order valence-corrected chi connectivity index (χ2v) is 7.80. The van der Waals surface area contributed by atoms with Gasteiger partial charge in [0.15, 0.2) is 0 Å². The fourth-order valence-corrected chi connectivity index (χ4v) is 4.57. The second-order valence-electron chi connectivity index (χ2n) is 6.73. The van der Waals surface area contributed by atoms with E-state index in [0.717, 1.165) is 30.8 Å². The van der Waals surface area contributed by atoms with Crippen molar-refractivity contribution in [3.63, 3.8) is 0 Å². The number of thioether (sulfide) groups is 1. The fraction of sp³-hybridized carbons (Fsp3) is 0.400. The highest BCUT2D eigenvalue weighted by atomic mass is 32.2. The Bertz CT molecular complexity index is 785. The molecule has 6 nitrogen and oxygen atoms in total. The number of furan rings is 1. The maximum absolute atomic E-state index is 12.3. The molecule has 142 valence electrons. The molecular formula is C20H22N2O4S. The number of carbonyl (C=O) groups is 2. The molecule has 7 heteroatoms. The highest BCUT2D eigenvalue weighted by Gasteiger charge is 2.33. The Morgan fingerprint density at radius 2 is 2.11 bits per heavy atom. The first-order chi connectivity index (χ1) is 13.2. The Morgan fingerprint density at radius 1 is 1.26 bits per heavy atom. The summed E-state index contributed by atoms with van der Waals surface area (Å²) in [7, 11) is 0. The summed E-state index contributed by atoms with van der Waals surface area (Å²) < 4.78 is 10.9. The standard InChI is InChI=1S/C20H22N2O4S/c23-18-13-27-20(22(18)12-17-4-2-10-26-17)15-7-5-14(6-8-15)19(24)21-11-16-3-1-9-25-16/h2,4-8,10,16,20H,1,3,9,11-13H2,(H,21,24)/t16-,20+/m0/s1. The molecule has 0 spiro atoms. The summed E-state index contributed by atoms with van der Waals surface area (Å²) >= 11 is 1.59. The first kappa shape index (κ1) is 18.1. The molecule has 0 bridgehead atoms. The lowest BCUT2D eigenvalue weighted by Crippen LogP contribution is -2.31. The van der Waals surface area contributed by atoms with Crippen molar-refractivity contribution in [2.75, 3.05) is 18.9 Å². The SMILES string of the molecule is O=C(NC[C@@H]1CCCO1)c1ccc([C@H]2SCC(=O)N2Cc2ccco2)cc1. The molecule has 2 aromatic rings. The third-order valence-corrected chi connectivity index (χ3v) is 6.10. The summed E-state index contributed by atoms with van der Waals surface area (Å²) in [4.78, 5) is 26.4. The maximum atomic E-state index is 12.3. The van der Waals surface area contributed by atoms with Crippen molar-refractivity contribution >= 4 is 23.6 Å². The molecule has 0 unspecified atom stereocenters. The first-order valence-corrected chi connectivity index (χ1v) is 10.2. The minimum Gasteiger partial charge on any atom is -0.467 e. The van der Waals surface area contributed by atoms with E-state index in [0.29, 0.717) is 24.4 Å². The molecule has 2 aliphatic rings. The van der Waals surface area contributed by atoms with E-state index in [4.69, 9.17) is 9.15 Å². The molecule has 2 amide bonds. The van der Waals surface area contributed by atoms with E-state index in [-0.39, 0.29) is 23.3 Å². The maximum Gasteiger partial charge on any atom is 0.251 e. The average Bonchev–Trinajstić information content (AvgIpc) is 3.44. The van der Waals surface area contributed by atoms with Crippen LogP contribution >= 0.6 is 11.8 Å². The van der Waals surface area contributed by atoms with E-state index in [1.54, 1.807) is 18.0 Å². The van der Waals surface area contributed by atoms with Crippen LogP contribution in [0.25, 0.3) is 0 Å². The lowest BCUT2D eigenvalue weighted by atomic mass is 10.1. The minimum absolute atomic E-state index is 0.0633. The Morgan fingerprint density at radius 3 is 2.81 bits per heavy atom. The van der Waals surface area contributed by atoms with Gasteiger partial charge in [-0.2, -0.15) is 0 Å². The zero-order valence-corrected chi connectivity index (χ0v) is 15.7. The van der Waals surface area contributed by atoms with Crippen LogP contribution in [0.5, 0.6) is 0 Å². The van der Waals surface area contributed by atoms with Gasteiger partial charge in [-0.25, -0.2) is 0 Å². The number of nitrogens with one attached hydrogen (secondary N) is 1. The number of nitrogens with zero attached hydrogens (tertiary/aromatic N) is 1. The zero-order valence-electron chi connectivity index (χ0n) is 14.9. The van der Waals surface area contributed by atoms with Crippen LogP contribution in [0.4, 0.5) is 0 Å². The van der Waals surface area contributed by atoms with Crippen molar-refractivity contribution in [2.24, 2.45) is 0 Å². The average molecular weight is 386 g/mol. The second kappa shape index (κ2) is 8.19. The van der Waals surface area contributed by atoms with E-state index < -0.39 is 0 Å². The molecule has 3 heterocycles. The minimum atomic E-state index is -0.0976. The topological polar surface area (TPSA) is 71.8 Å². The molecule has 0 aliphatic carbocycles. The van der Waals surface area contributed by atoms with Crippen LogP contribution in [-0.2, 0) is 16.1 Å². The predicted molar refractivity (Wildman–Crippen MR) is 102 cm³/mol. The number of hydrogen-bond donors (Lipinski definition) is 1. The first-order valence-electron chi connectivity index (χ1n) is 9.14. The van der Waals surface area contributed by atoms with Crippen LogP contribution in [0, 0.1) is 0 Å². The number of hydrogen-bond acceptors (Lipinski definition) is 5. The van der Waals surface area contributed by atoms with Crippen LogP contribution in [0.2, 0.25) is 0 Å². The number of carbonyl (C=O) groups excluding carboxylic acids is 2. The molecule has 1 aromatic heterocycles. The number of benzene rings is 1. The van der Waals surface area contributed by atoms with E-state index in [9.17, 15) is 9.59 Å². The van der Waals surface area contributed by atoms with Crippen molar-refractivity contribution in [1.29, 1.82) is 0 Å². The smallest absolute Gasteiger partial charge is 0.251 e. The monoisotopic (exact) mass is 386 g/mol. The molecule has 0 saturated carbocycles. The molecule has 2 saturated heterocycles. The Labute approximate surface area is 162 Å². The predicted octanol–water partition coefficient (Wildman–Crippen LogP) is 2.96. The van der Waals surface area contributed by atoms with Gasteiger partial charge in [-0.3, -0.25) is 9.59 Å². The van der Waals surface area contributed by atoms with Gasteiger partial charge in [0.05, 0.1) is 24.7 Å². The molecule has 27 heavy (non-hydrogen) atoms. The summed E-state index contributed by atoms with van der Waals surface area (Å²) in [6.45, 7) is 1.78. The molecule has 1 N–H and O–H groups in total. The van der Waals surface area contributed by atoms with Gasteiger partial charge in [0, 0.05) is 18.7 Å². The normalized spacial score (nSPS) is 22.4. The van der Waals surface area contributed by atoms with E-state index >= 15 is 0 Å². The van der Waals surface area contributed by atoms with Gasteiger partial charge in [-0.15, -0.1) is 11.8 Å². The summed E-state index contributed by atoms with van der Waals surface area (Å²) in [6, 6.07) is 11.2. The molecule has 2 fully saturated rings. The van der Waals surface area contributed by atoms with Crippen LogP contribution in [-0.4, -0.2) is 41.7 Å². The van der Waals surface area contributed by atoms with Gasteiger partial charge < -0.3 is 19.4 Å². The molecule has 0 radical (unpaired) electrons. The molecular weight excluding hydrogens is 364 g/mol. The van der Waals surface area contributed by atoms with Gasteiger partial charge in [0.25, 0.3) is 5.91 Å². The molecule has 1 aromatic carbocycles. The lowest BCUT2D eigenvalue weighted by molar-refractivity contribution is -0.128. The van der Waals surface area contributed by atoms with Crippen LogP contribution in [0.15, 0.2) is 47.1 Å². The molecule has 4 rings (SSSR count). The van der Waals surface area contributed by atoms with Crippen molar-refractivity contribution in [3.8, 4) is 0 Å². The Kier molecular flexibility index (Phi) is 5.50. The fourth-order valence-electron chi connectivity index (χ4n) is 3.38. The quantitative estimate of drug-likeness (QED) is 0.826. The Balaban J connectivity index is 1.40. The summed E-state index contributed by atoms with van der Waals surface area (Å²) in [6.07, 6.45) is 3.80. The van der Waals surface area contributed by atoms with Crippen molar-refractivity contribution in [2.45, 2.75) is 30.9 Å². The summed E-state index contributed by atoms with van der Waals surface area (Å²) in [5.41, 5.74) is 1.62. The van der Waals surface area contributed by atoms with Crippen LogP contribution in [0.1, 0.15) is 39.9 Å². The van der Waals surface area contributed by atoms with E-state index in [2.05, 4.69) is 5.32 Å². The third-order valence-electron chi connectivity index (χ3n) is 4.85. The van der Waals surface area contributed by atoms with Crippen LogP contribution in [0.3, 0.4) is 0 Å². The number of amides is 2. The highest BCUT2D eigenvalue weighted by molar-refractivity contribution is 8.00. The third kappa shape index (κ3) is 4.20. The Hall–Kier alpha value is -2.25.